The molecule has 1 unspecified atom stereocenters. The SMILES string of the molecule is COc1ccc(CN(Cc2cnc(N)s2)C(C)C2CC2)c(OC)c1.Cl. The van der Waals surface area contributed by atoms with E-state index < -0.39 is 0 Å². The number of nitrogens with two attached hydrogens (primary N) is 1. The largest absolute Gasteiger partial charge is 0.497 e. The fourth-order valence-corrected chi connectivity index (χ4v) is 3.73. The van der Waals surface area contributed by atoms with E-state index in [1.165, 1.54) is 23.3 Å². The molecule has 1 heterocycles. The Bertz CT molecular complexity index is 691. The second kappa shape index (κ2) is 8.74. The van der Waals surface area contributed by atoms with Crippen LogP contribution in [0.2, 0.25) is 0 Å². The zero-order valence-electron chi connectivity index (χ0n) is 14.9. The summed E-state index contributed by atoms with van der Waals surface area (Å²) in [4.78, 5) is 7.88. The van der Waals surface area contributed by atoms with E-state index in [0.717, 1.165) is 30.5 Å². The Morgan fingerprint density at radius 2 is 2.04 bits per heavy atom. The summed E-state index contributed by atoms with van der Waals surface area (Å²) in [5.41, 5.74) is 6.96. The first-order chi connectivity index (χ1) is 11.6. The van der Waals surface area contributed by atoms with E-state index >= 15 is 0 Å². The Kier molecular flexibility index (Phi) is 6.93. The van der Waals surface area contributed by atoms with Crippen LogP contribution in [0, 0.1) is 5.92 Å². The summed E-state index contributed by atoms with van der Waals surface area (Å²) < 4.78 is 10.9. The van der Waals surface area contributed by atoms with E-state index in [1.807, 2.05) is 18.3 Å². The van der Waals surface area contributed by atoms with Crippen molar-refractivity contribution >= 4 is 28.9 Å². The number of benzene rings is 1. The maximum Gasteiger partial charge on any atom is 0.180 e. The normalized spacial score (nSPS) is 14.9. The molecule has 138 valence electrons. The molecule has 7 heteroatoms. The number of nitrogen functional groups attached to an aromatic ring is 1. The zero-order chi connectivity index (χ0) is 17.1. The molecule has 1 saturated carbocycles. The molecule has 1 aliphatic rings. The number of thiazole rings is 1. The molecule has 0 radical (unpaired) electrons. The Morgan fingerprint density at radius 3 is 2.60 bits per heavy atom. The van der Waals surface area contributed by atoms with Crippen LogP contribution in [0.25, 0.3) is 0 Å². The number of halogens is 1. The lowest BCUT2D eigenvalue weighted by Crippen LogP contribution is -2.33. The topological polar surface area (TPSA) is 60.6 Å². The van der Waals surface area contributed by atoms with Crippen LogP contribution in [0.4, 0.5) is 5.13 Å². The van der Waals surface area contributed by atoms with Crippen molar-refractivity contribution in [3.63, 3.8) is 0 Å². The van der Waals surface area contributed by atoms with Crippen molar-refractivity contribution in [1.29, 1.82) is 0 Å². The van der Waals surface area contributed by atoms with Crippen molar-refractivity contribution in [3.05, 3.63) is 34.8 Å². The first kappa shape index (κ1) is 19.8. The molecule has 0 amide bonds. The van der Waals surface area contributed by atoms with E-state index in [9.17, 15) is 0 Å². The molecule has 1 atom stereocenters. The molecule has 0 saturated heterocycles. The van der Waals surface area contributed by atoms with E-state index in [0.29, 0.717) is 11.2 Å². The van der Waals surface area contributed by atoms with Gasteiger partial charge in [-0.2, -0.15) is 0 Å². The van der Waals surface area contributed by atoms with Gasteiger partial charge in [-0.1, -0.05) is 6.07 Å². The van der Waals surface area contributed by atoms with Gasteiger partial charge in [-0.15, -0.1) is 23.7 Å². The van der Waals surface area contributed by atoms with Crippen molar-refractivity contribution < 1.29 is 9.47 Å². The Hall–Kier alpha value is -1.50. The van der Waals surface area contributed by atoms with Crippen LogP contribution in [0.1, 0.15) is 30.2 Å². The highest BCUT2D eigenvalue weighted by atomic mass is 35.5. The molecular formula is C18H26ClN3O2S. The molecule has 0 bridgehead atoms. The van der Waals surface area contributed by atoms with E-state index in [1.54, 1.807) is 25.6 Å². The van der Waals surface area contributed by atoms with Gasteiger partial charge in [-0.25, -0.2) is 4.98 Å². The van der Waals surface area contributed by atoms with Gasteiger partial charge in [0.1, 0.15) is 11.5 Å². The summed E-state index contributed by atoms with van der Waals surface area (Å²) in [7, 11) is 3.38. The number of ether oxygens (including phenoxy) is 2. The van der Waals surface area contributed by atoms with Gasteiger partial charge in [-0.3, -0.25) is 4.90 Å². The minimum atomic E-state index is 0. The van der Waals surface area contributed by atoms with Crippen LogP contribution in [0.3, 0.4) is 0 Å². The third kappa shape index (κ3) is 5.00. The van der Waals surface area contributed by atoms with Gasteiger partial charge in [0.25, 0.3) is 0 Å². The number of nitrogens with zero attached hydrogens (tertiary/aromatic N) is 2. The van der Waals surface area contributed by atoms with Gasteiger partial charge in [0.2, 0.25) is 0 Å². The van der Waals surface area contributed by atoms with Crippen LogP contribution in [-0.2, 0) is 13.1 Å². The summed E-state index contributed by atoms with van der Waals surface area (Å²) in [5.74, 6) is 2.47. The molecule has 1 aliphatic carbocycles. The van der Waals surface area contributed by atoms with Gasteiger partial charge >= 0.3 is 0 Å². The van der Waals surface area contributed by atoms with Crippen LogP contribution < -0.4 is 15.2 Å². The van der Waals surface area contributed by atoms with Gasteiger partial charge in [0, 0.05) is 41.8 Å². The molecule has 25 heavy (non-hydrogen) atoms. The summed E-state index contributed by atoms with van der Waals surface area (Å²) in [6.07, 6.45) is 4.53. The van der Waals surface area contributed by atoms with E-state index in [-0.39, 0.29) is 12.4 Å². The fraction of sp³-hybridized carbons (Fsp3) is 0.500. The molecule has 2 aromatic rings. The van der Waals surface area contributed by atoms with Crippen LogP contribution in [0.5, 0.6) is 11.5 Å². The quantitative estimate of drug-likeness (QED) is 0.747. The summed E-state index contributed by atoms with van der Waals surface area (Å²) in [5, 5.41) is 0.631. The van der Waals surface area contributed by atoms with Crippen LogP contribution in [-0.4, -0.2) is 30.1 Å². The van der Waals surface area contributed by atoms with Crippen LogP contribution >= 0.6 is 23.7 Å². The molecule has 0 aliphatic heterocycles. The molecule has 2 N–H and O–H groups in total. The average Bonchev–Trinajstić information content (AvgIpc) is 3.36. The highest BCUT2D eigenvalue weighted by Gasteiger charge is 2.32. The number of rotatable bonds is 8. The number of methoxy groups -OCH3 is 2. The predicted octanol–water partition coefficient (Wildman–Crippen LogP) is 3.97. The molecule has 1 fully saturated rings. The Balaban J connectivity index is 0.00000225. The highest BCUT2D eigenvalue weighted by molar-refractivity contribution is 7.15. The fourth-order valence-electron chi connectivity index (χ4n) is 3.02. The summed E-state index contributed by atoms with van der Waals surface area (Å²) in [6.45, 7) is 4.02. The van der Waals surface area contributed by atoms with Crippen molar-refractivity contribution in [2.24, 2.45) is 5.92 Å². The average molecular weight is 384 g/mol. The lowest BCUT2D eigenvalue weighted by molar-refractivity contribution is 0.171. The molecule has 1 aromatic carbocycles. The zero-order valence-corrected chi connectivity index (χ0v) is 16.5. The van der Waals surface area contributed by atoms with Gasteiger partial charge in [-0.05, 0) is 31.7 Å². The number of hydrogen-bond donors (Lipinski definition) is 1. The van der Waals surface area contributed by atoms with Gasteiger partial charge in [0.05, 0.1) is 14.2 Å². The first-order valence-corrected chi connectivity index (χ1v) is 9.07. The highest BCUT2D eigenvalue weighted by Crippen LogP contribution is 2.37. The van der Waals surface area contributed by atoms with E-state index in [2.05, 4.69) is 22.9 Å². The van der Waals surface area contributed by atoms with Gasteiger partial charge in [0.15, 0.2) is 5.13 Å². The molecule has 1 aromatic heterocycles. The maximum absolute atomic E-state index is 5.79. The van der Waals surface area contributed by atoms with Crippen molar-refractivity contribution in [2.75, 3.05) is 20.0 Å². The number of anilines is 1. The number of hydrogen-bond acceptors (Lipinski definition) is 6. The van der Waals surface area contributed by atoms with Crippen LogP contribution in [0.15, 0.2) is 24.4 Å². The Labute approximate surface area is 159 Å². The summed E-state index contributed by atoms with van der Waals surface area (Å²) in [6, 6.07) is 6.55. The predicted molar refractivity (Wildman–Crippen MR) is 105 cm³/mol. The third-order valence-electron chi connectivity index (χ3n) is 4.68. The minimum Gasteiger partial charge on any atom is -0.497 e. The Morgan fingerprint density at radius 1 is 1.28 bits per heavy atom. The second-order valence-electron chi connectivity index (χ2n) is 6.33. The standard InChI is InChI=1S/C18H25N3O2S.ClH/c1-12(13-4-5-13)21(11-16-9-20-18(19)24-16)10-14-6-7-15(22-2)8-17(14)23-3;/h6-9,12-13H,4-5,10-11H2,1-3H3,(H2,19,20);1H. The smallest absolute Gasteiger partial charge is 0.180 e. The lowest BCUT2D eigenvalue weighted by atomic mass is 10.1. The maximum atomic E-state index is 5.79. The second-order valence-corrected chi connectivity index (χ2v) is 7.47. The first-order valence-electron chi connectivity index (χ1n) is 8.26. The third-order valence-corrected chi connectivity index (χ3v) is 5.49. The molecule has 0 spiro atoms. The molecular weight excluding hydrogens is 358 g/mol. The summed E-state index contributed by atoms with van der Waals surface area (Å²) >= 11 is 1.57. The monoisotopic (exact) mass is 383 g/mol. The number of aromatic nitrogens is 1. The molecule has 5 nitrogen and oxygen atoms in total. The molecule has 3 rings (SSSR count). The van der Waals surface area contributed by atoms with Crippen molar-refractivity contribution in [3.8, 4) is 11.5 Å². The lowest BCUT2D eigenvalue weighted by Gasteiger charge is -2.29. The van der Waals surface area contributed by atoms with Crippen molar-refractivity contribution in [2.45, 2.75) is 38.9 Å². The van der Waals surface area contributed by atoms with E-state index in [4.69, 9.17) is 15.2 Å². The minimum absolute atomic E-state index is 0. The van der Waals surface area contributed by atoms with Gasteiger partial charge < -0.3 is 15.2 Å². The van der Waals surface area contributed by atoms with Crippen molar-refractivity contribution in [1.82, 2.24) is 9.88 Å².